The van der Waals surface area contributed by atoms with Crippen LogP contribution in [0.2, 0.25) is 0 Å². The monoisotopic (exact) mass is 350 g/mol. The van der Waals surface area contributed by atoms with Crippen molar-refractivity contribution in [3.8, 4) is 5.75 Å². The van der Waals surface area contributed by atoms with E-state index in [1.807, 2.05) is 30.0 Å². The van der Waals surface area contributed by atoms with Gasteiger partial charge in [0.1, 0.15) is 5.75 Å². The molecule has 2 nitrogen and oxygen atoms in total. The minimum atomic E-state index is -0.00915. The van der Waals surface area contributed by atoms with Gasteiger partial charge in [-0.2, -0.15) is 0 Å². The average Bonchev–Trinajstić information content (AvgIpc) is 2.89. The molecule has 0 radical (unpaired) electrons. The summed E-state index contributed by atoms with van der Waals surface area (Å²) in [6.07, 6.45) is 0. The summed E-state index contributed by atoms with van der Waals surface area (Å²) in [5.41, 5.74) is 2.19. The summed E-state index contributed by atoms with van der Waals surface area (Å²) in [5.74, 6) is 2.22. The van der Waals surface area contributed by atoms with Crippen LogP contribution in [0.4, 0.5) is 0 Å². The molecule has 1 unspecified atom stereocenters. The van der Waals surface area contributed by atoms with Crippen molar-refractivity contribution in [1.29, 1.82) is 0 Å². The molecule has 0 fully saturated rings. The first-order chi connectivity index (χ1) is 9.79. The Morgan fingerprint density at radius 3 is 2.90 bits per heavy atom. The molecule has 20 heavy (non-hydrogen) atoms. The van der Waals surface area contributed by atoms with Gasteiger partial charge in [-0.25, -0.2) is 0 Å². The first-order valence-electron chi connectivity index (χ1n) is 6.52. The quantitative estimate of drug-likeness (QED) is 0.895. The molecule has 4 heteroatoms. The van der Waals surface area contributed by atoms with Crippen LogP contribution in [0.15, 0.2) is 51.8 Å². The van der Waals surface area contributed by atoms with Gasteiger partial charge in [-0.3, -0.25) is 0 Å². The van der Waals surface area contributed by atoms with E-state index < -0.39 is 0 Å². The molecule has 0 saturated carbocycles. The Morgan fingerprint density at radius 2 is 2.05 bits per heavy atom. The highest BCUT2D eigenvalue weighted by atomic mass is 79.9. The predicted molar refractivity (Wildman–Crippen MR) is 85.5 cm³/mol. The third-order valence-corrected chi connectivity index (χ3v) is 5.32. The van der Waals surface area contributed by atoms with E-state index in [2.05, 4.69) is 40.2 Å². The van der Waals surface area contributed by atoms with Crippen molar-refractivity contribution in [1.82, 2.24) is 0 Å². The Bertz CT molecular complexity index is 615. The van der Waals surface area contributed by atoms with Crippen LogP contribution in [0.3, 0.4) is 0 Å². The molecule has 0 bridgehead atoms. The molecule has 0 saturated heterocycles. The van der Waals surface area contributed by atoms with Crippen LogP contribution in [0.5, 0.6) is 5.75 Å². The van der Waals surface area contributed by atoms with E-state index in [1.54, 1.807) is 0 Å². The number of aliphatic hydroxyl groups is 1. The van der Waals surface area contributed by atoms with Crippen molar-refractivity contribution in [2.75, 3.05) is 12.4 Å². The smallest absolute Gasteiger partial charge is 0.139 e. The number of rotatable bonds is 4. The number of ether oxygens (including phenoxy) is 1. The highest BCUT2D eigenvalue weighted by Gasteiger charge is 2.23. The Labute approximate surface area is 131 Å². The Hall–Kier alpha value is -0.970. The van der Waals surface area contributed by atoms with Crippen LogP contribution in [0, 0.1) is 0 Å². The second-order valence-corrected chi connectivity index (χ2v) is 6.66. The molecule has 1 N–H and O–H groups in total. The van der Waals surface area contributed by atoms with Crippen LogP contribution < -0.4 is 4.74 Å². The summed E-state index contributed by atoms with van der Waals surface area (Å²) < 4.78 is 6.87. The first kappa shape index (κ1) is 14.0. The van der Waals surface area contributed by atoms with E-state index in [1.165, 1.54) is 10.5 Å². The van der Waals surface area contributed by atoms with Crippen molar-refractivity contribution < 1.29 is 9.84 Å². The van der Waals surface area contributed by atoms with Crippen LogP contribution in [0.25, 0.3) is 0 Å². The average molecular weight is 351 g/mol. The van der Waals surface area contributed by atoms with E-state index in [0.29, 0.717) is 12.5 Å². The predicted octanol–water partition coefficient (Wildman–Crippen LogP) is 4.21. The lowest BCUT2D eigenvalue weighted by atomic mass is 10.0. The molecule has 1 heterocycles. The van der Waals surface area contributed by atoms with Crippen molar-refractivity contribution in [2.45, 2.75) is 17.4 Å². The number of halogens is 1. The zero-order valence-electron chi connectivity index (χ0n) is 10.9. The Kier molecular flexibility index (Phi) is 4.34. The van der Waals surface area contributed by atoms with E-state index in [0.717, 1.165) is 21.5 Å². The summed E-state index contributed by atoms with van der Waals surface area (Å²) in [5, 5.41) is 9.39. The molecule has 1 aliphatic rings. The number of para-hydroxylation sites is 1. The van der Waals surface area contributed by atoms with Crippen LogP contribution >= 0.6 is 27.7 Å². The van der Waals surface area contributed by atoms with Gasteiger partial charge < -0.3 is 9.84 Å². The lowest BCUT2D eigenvalue weighted by Crippen LogP contribution is -2.11. The number of fused-ring (bicyclic) bond motifs is 1. The summed E-state index contributed by atoms with van der Waals surface area (Å²) in [6.45, 7) is 0.629. The molecule has 2 aromatic carbocycles. The van der Waals surface area contributed by atoms with E-state index in [4.69, 9.17) is 4.74 Å². The van der Waals surface area contributed by atoms with Gasteiger partial charge in [0, 0.05) is 22.1 Å². The summed E-state index contributed by atoms with van der Waals surface area (Å²) in [4.78, 5) is 1.36. The minimum absolute atomic E-state index is 0.00915. The van der Waals surface area contributed by atoms with Gasteiger partial charge in [-0.1, -0.05) is 30.3 Å². The highest BCUT2D eigenvalue weighted by Crippen LogP contribution is 2.40. The first-order valence-corrected chi connectivity index (χ1v) is 8.30. The minimum Gasteiger partial charge on any atom is -0.491 e. The zero-order chi connectivity index (χ0) is 13.9. The molecule has 0 amide bonds. The van der Waals surface area contributed by atoms with Crippen molar-refractivity contribution >= 4 is 27.7 Å². The van der Waals surface area contributed by atoms with Crippen LogP contribution in [-0.4, -0.2) is 17.5 Å². The fourth-order valence-electron chi connectivity index (χ4n) is 2.39. The van der Waals surface area contributed by atoms with Gasteiger partial charge >= 0.3 is 0 Å². The molecule has 1 atom stereocenters. The molecule has 0 aromatic heterocycles. The van der Waals surface area contributed by atoms with Gasteiger partial charge in [-0.05, 0) is 33.6 Å². The van der Waals surface area contributed by atoms with Gasteiger partial charge in [0.15, 0.2) is 0 Å². The zero-order valence-corrected chi connectivity index (χ0v) is 13.3. The third kappa shape index (κ3) is 2.73. The molecular weight excluding hydrogens is 336 g/mol. The van der Waals surface area contributed by atoms with E-state index in [9.17, 15) is 5.11 Å². The summed E-state index contributed by atoms with van der Waals surface area (Å²) >= 11 is 5.37. The molecule has 104 valence electrons. The molecular formula is C16H15BrO2S. The van der Waals surface area contributed by atoms with Crippen molar-refractivity contribution in [3.05, 3.63) is 58.1 Å². The Balaban J connectivity index is 1.75. The molecule has 1 aliphatic heterocycles. The molecule has 0 aliphatic carbocycles. The largest absolute Gasteiger partial charge is 0.491 e. The number of hydrogen-bond donors (Lipinski definition) is 1. The number of aliphatic hydroxyl groups excluding tert-OH is 1. The second kappa shape index (κ2) is 6.20. The fraction of sp³-hybridized carbons (Fsp3) is 0.250. The Morgan fingerprint density at radius 1 is 1.20 bits per heavy atom. The fourth-order valence-corrected chi connectivity index (χ4v) is 4.15. The maximum absolute atomic E-state index is 9.39. The number of hydrogen-bond acceptors (Lipinski definition) is 3. The maximum Gasteiger partial charge on any atom is 0.139 e. The van der Waals surface area contributed by atoms with E-state index >= 15 is 0 Å². The lowest BCUT2D eigenvalue weighted by molar-refractivity contribution is 0.256. The van der Waals surface area contributed by atoms with Crippen LogP contribution in [0.1, 0.15) is 17.0 Å². The third-order valence-electron chi connectivity index (χ3n) is 3.45. The van der Waals surface area contributed by atoms with Gasteiger partial charge in [0.05, 0.1) is 17.7 Å². The molecule has 0 spiro atoms. The number of thioether (sulfide) groups is 1. The molecule has 2 aromatic rings. The summed E-state index contributed by atoms with van der Waals surface area (Å²) in [7, 11) is 0. The summed E-state index contributed by atoms with van der Waals surface area (Å²) in [6, 6.07) is 14.2. The highest BCUT2D eigenvalue weighted by molar-refractivity contribution is 9.10. The second-order valence-electron chi connectivity index (χ2n) is 4.74. The van der Waals surface area contributed by atoms with Gasteiger partial charge in [0.25, 0.3) is 0 Å². The topological polar surface area (TPSA) is 29.5 Å². The van der Waals surface area contributed by atoms with Crippen molar-refractivity contribution in [2.24, 2.45) is 0 Å². The maximum atomic E-state index is 9.39. The van der Waals surface area contributed by atoms with Crippen molar-refractivity contribution in [3.63, 3.8) is 0 Å². The number of benzene rings is 2. The van der Waals surface area contributed by atoms with Gasteiger partial charge in [0.2, 0.25) is 0 Å². The molecule has 3 rings (SSSR count). The normalized spacial score (nSPS) is 17.0. The standard InChI is InChI=1S/C16H15BrO2S/c17-14-6-3-4-11(8-18)16(14)19-9-12-10-20-15-7-2-1-5-13(12)15/h1-7,12,18H,8-10H2. The van der Waals surface area contributed by atoms with E-state index in [-0.39, 0.29) is 6.61 Å². The SMILES string of the molecule is OCc1cccc(Br)c1OCC1CSc2ccccc21. The lowest BCUT2D eigenvalue weighted by Gasteiger charge is -2.16. The van der Waals surface area contributed by atoms with Crippen LogP contribution in [-0.2, 0) is 6.61 Å². The van der Waals surface area contributed by atoms with Gasteiger partial charge in [-0.15, -0.1) is 11.8 Å².